The van der Waals surface area contributed by atoms with E-state index in [1.807, 2.05) is 36.4 Å². The molecule has 0 atom stereocenters. The predicted octanol–water partition coefficient (Wildman–Crippen LogP) is 5.67. The Hall–Kier alpha value is -4.41. The summed E-state index contributed by atoms with van der Waals surface area (Å²) in [6, 6.07) is 28.1. The Bertz CT molecular complexity index is 1610. The third kappa shape index (κ3) is 6.92. The number of sulfonamides is 1. The van der Waals surface area contributed by atoms with Crippen LogP contribution < -0.4 is 20.1 Å². The minimum atomic E-state index is -4.05. The zero-order valence-corrected chi connectivity index (χ0v) is 23.3. The van der Waals surface area contributed by atoms with Gasteiger partial charge in [0.1, 0.15) is 10.6 Å². The number of methoxy groups -OCH3 is 1. The van der Waals surface area contributed by atoms with Gasteiger partial charge in [0.15, 0.2) is 5.11 Å². The summed E-state index contributed by atoms with van der Waals surface area (Å²) < 4.78 is 35.0. The van der Waals surface area contributed by atoms with Crippen LogP contribution in [0.3, 0.4) is 0 Å². The lowest BCUT2D eigenvalue weighted by molar-refractivity contribution is 0.0827. The molecule has 200 valence electrons. The summed E-state index contributed by atoms with van der Waals surface area (Å²) in [5, 5.41) is 6.51. The number of ether oxygens (including phenoxy) is 1. The van der Waals surface area contributed by atoms with Gasteiger partial charge >= 0.3 is 0 Å². The lowest BCUT2D eigenvalue weighted by Gasteiger charge is -2.15. The normalized spacial score (nSPS) is 10.8. The lowest BCUT2D eigenvalue weighted by atomic mass is 10.0. The average molecular weight is 561 g/mol. The minimum Gasteiger partial charge on any atom is -0.495 e. The van der Waals surface area contributed by atoms with Gasteiger partial charge in [-0.3, -0.25) is 9.52 Å². The number of hydrogen-bond donors (Lipinski definition) is 3. The molecule has 3 N–H and O–H groups in total. The molecule has 0 aliphatic rings. The van der Waals surface area contributed by atoms with Crippen molar-refractivity contribution < 1.29 is 17.9 Å². The number of nitrogens with zero attached hydrogens (tertiary/aromatic N) is 1. The number of amides is 1. The van der Waals surface area contributed by atoms with Gasteiger partial charge in [0.05, 0.1) is 12.8 Å². The third-order valence-electron chi connectivity index (χ3n) is 5.71. The molecule has 0 aliphatic heterocycles. The van der Waals surface area contributed by atoms with Gasteiger partial charge in [-0.1, -0.05) is 42.5 Å². The van der Waals surface area contributed by atoms with Gasteiger partial charge in [0, 0.05) is 31.0 Å². The minimum absolute atomic E-state index is 0.0357. The average Bonchev–Trinajstić information content (AvgIpc) is 2.92. The molecule has 0 saturated carbocycles. The van der Waals surface area contributed by atoms with Crippen LogP contribution in [0.4, 0.5) is 17.1 Å². The van der Waals surface area contributed by atoms with Crippen LogP contribution in [0.5, 0.6) is 5.75 Å². The Labute approximate surface area is 233 Å². The molecule has 0 bridgehead atoms. The Morgan fingerprint density at radius 3 is 2.13 bits per heavy atom. The summed E-state index contributed by atoms with van der Waals surface area (Å²) in [5.74, 6) is 0.0427. The second-order valence-corrected chi connectivity index (χ2v) is 10.8. The topological polar surface area (TPSA) is 99.8 Å². The van der Waals surface area contributed by atoms with Crippen LogP contribution in [0.1, 0.15) is 10.4 Å². The van der Waals surface area contributed by atoms with Crippen LogP contribution in [0.25, 0.3) is 11.1 Å². The molecule has 0 fully saturated rings. The van der Waals surface area contributed by atoms with E-state index in [1.165, 1.54) is 18.1 Å². The molecule has 4 aromatic rings. The zero-order valence-electron chi connectivity index (χ0n) is 21.6. The number of anilines is 3. The Morgan fingerprint density at radius 2 is 1.41 bits per heavy atom. The first-order valence-corrected chi connectivity index (χ1v) is 13.8. The van der Waals surface area contributed by atoms with Crippen LogP contribution in [0.15, 0.2) is 102 Å². The summed E-state index contributed by atoms with van der Waals surface area (Å²) in [5.41, 5.74) is 3.60. The van der Waals surface area contributed by atoms with Crippen molar-refractivity contribution in [3.63, 3.8) is 0 Å². The van der Waals surface area contributed by atoms with Crippen molar-refractivity contribution in [2.24, 2.45) is 0 Å². The number of hydrogen-bond acceptors (Lipinski definition) is 5. The first-order valence-electron chi connectivity index (χ1n) is 11.9. The largest absolute Gasteiger partial charge is 0.495 e. The molecule has 10 heteroatoms. The van der Waals surface area contributed by atoms with E-state index in [0.29, 0.717) is 33.2 Å². The zero-order chi connectivity index (χ0) is 28.0. The first kappa shape index (κ1) is 27.6. The molecule has 4 aromatic carbocycles. The van der Waals surface area contributed by atoms with Crippen molar-refractivity contribution in [1.82, 2.24) is 4.90 Å². The number of carbonyl (C=O) groups is 1. The SMILES string of the molecule is COc1ccc(-c2cccc(C(=O)N(C)C)c2)cc1S(=O)(=O)Nc1cccc(NC(=S)Nc2ccccc2)c1. The molecular weight excluding hydrogens is 532 g/mol. The fourth-order valence-electron chi connectivity index (χ4n) is 3.84. The number of thiocarbonyl (C=S) groups is 1. The molecule has 0 aromatic heterocycles. The molecule has 4 rings (SSSR count). The van der Waals surface area contributed by atoms with E-state index in [2.05, 4.69) is 15.4 Å². The lowest BCUT2D eigenvalue weighted by Crippen LogP contribution is -2.21. The summed E-state index contributed by atoms with van der Waals surface area (Å²) >= 11 is 5.38. The standard InChI is InChI=1S/C29H28N4O4S2/c1-33(2)28(34)22-10-7-9-20(17-22)21-15-16-26(37-3)27(18-21)39(35,36)32-25-14-8-13-24(19-25)31-29(38)30-23-11-5-4-6-12-23/h4-19,32H,1-3H3,(H2,30,31,38). The van der Waals surface area contributed by atoms with Gasteiger partial charge in [0.2, 0.25) is 0 Å². The molecule has 0 radical (unpaired) electrons. The number of para-hydroxylation sites is 1. The van der Waals surface area contributed by atoms with Crippen molar-refractivity contribution in [2.75, 3.05) is 36.6 Å². The molecule has 0 aliphatic carbocycles. The van der Waals surface area contributed by atoms with Crippen LogP contribution >= 0.6 is 12.2 Å². The van der Waals surface area contributed by atoms with Crippen LogP contribution in [-0.4, -0.2) is 45.5 Å². The molecular formula is C29H28N4O4S2. The second kappa shape index (κ2) is 12.0. The highest BCUT2D eigenvalue weighted by molar-refractivity contribution is 7.92. The molecule has 0 heterocycles. The summed E-state index contributed by atoms with van der Waals surface area (Å²) in [6.07, 6.45) is 0. The second-order valence-electron chi connectivity index (χ2n) is 8.78. The molecule has 0 unspecified atom stereocenters. The highest BCUT2D eigenvalue weighted by Gasteiger charge is 2.21. The molecule has 8 nitrogen and oxygen atoms in total. The Kier molecular flexibility index (Phi) is 8.48. The monoisotopic (exact) mass is 560 g/mol. The Balaban J connectivity index is 1.58. The van der Waals surface area contributed by atoms with E-state index >= 15 is 0 Å². The van der Waals surface area contributed by atoms with E-state index in [0.717, 1.165) is 5.69 Å². The molecule has 0 saturated heterocycles. The van der Waals surface area contributed by atoms with E-state index in [4.69, 9.17) is 17.0 Å². The van der Waals surface area contributed by atoms with Crippen LogP contribution in [0, 0.1) is 0 Å². The fourth-order valence-corrected chi connectivity index (χ4v) is 5.32. The predicted molar refractivity (Wildman–Crippen MR) is 160 cm³/mol. The van der Waals surface area contributed by atoms with Crippen molar-refractivity contribution >= 4 is 50.3 Å². The van der Waals surface area contributed by atoms with E-state index in [1.54, 1.807) is 68.7 Å². The third-order valence-corrected chi connectivity index (χ3v) is 7.31. The number of benzene rings is 4. The van der Waals surface area contributed by atoms with Gasteiger partial charge < -0.3 is 20.3 Å². The number of nitrogens with one attached hydrogen (secondary N) is 3. The quantitative estimate of drug-likeness (QED) is 0.239. The van der Waals surface area contributed by atoms with E-state index in [-0.39, 0.29) is 16.6 Å². The Morgan fingerprint density at radius 1 is 0.769 bits per heavy atom. The summed E-state index contributed by atoms with van der Waals surface area (Å²) in [4.78, 5) is 13.9. The molecule has 39 heavy (non-hydrogen) atoms. The van der Waals surface area contributed by atoms with Crippen LogP contribution in [0.2, 0.25) is 0 Å². The van der Waals surface area contributed by atoms with Crippen molar-refractivity contribution in [3.8, 4) is 16.9 Å². The van der Waals surface area contributed by atoms with Gasteiger partial charge in [-0.15, -0.1) is 0 Å². The van der Waals surface area contributed by atoms with Crippen molar-refractivity contribution in [3.05, 3.63) is 103 Å². The highest BCUT2D eigenvalue weighted by Crippen LogP contribution is 2.32. The highest BCUT2D eigenvalue weighted by atomic mass is 32.2. The van der Waals surface area contributed by atoms with Gasteiger partial charge in [0.25, 0.3) is 15.9 Å². The maximum atomic E-state index is 13.5. The van der Waals surface area contributed by atoms with Crippen molar-refractivity contribution in [1.29, 1.82) is 0 Å². The maximum Gasteiger partial charge on any atom is 0.265 e. The number of carbonyl (C=O) groups excluding carboxylic acids is 1. The van der Waals surface area contributed by atoms with E-state index < -0.39 is 10.0 Å². The van der Waals surface area contributed by atoms with Gasteiger partial charge in [-0.05, 0) is 77.9 Å². The molecule has 0 spiro atoms. The summed E-state index contributed by atoms with van der Waals surface area (Å²) in [6.45, 7) is 0. The maximum absolute atomic E-state index is 13.5. The van der Waals surface area contributed by atoms with Gasteiger partial charge in [-0.25, -0.2) is 8.42 Å². The smallest absolute Gasteiger partial charge is 0.265 e. The van der Waals surface area contributed by atoms with Crippen LogP contribution in [-0.2, 0) is 10.0 Å². The fraction of sp³-hybridized carbons (Fsp3) is 0.103. The first-order chi connectivity index (χ1) is 18.7. The van der Waals surface area contributed by atoms with E-state index in [9.17, 15) is 13.2 Å². The number of rotatable bonds is 8. The summed E-state index contributed by atoms with van der Waals surface area (Å²) in [7, 11) is 0.720. The van der Waals surface area contributed by atoms with Gasteiger partial charge in [-0.2, -0.15) is 0 Å². The van der Waals surface area contributed by atoms with Crippen molar-refractivity contribution in [2.45, 2.75) is 4.90 Å². The molecule has 1 amide bonds.